The van der Waals surface area contributed by atoms with Crippen molar-refractivity contribution in [2.24, 2.45) is 5.10 Å². The molecule has 0 unspecified atom stereocenters. The molecule has 2 N–H and O–H groups in total. The number of benzene rings is 2. The molecule has 142 valence electrons. The second-order valence-corrected chi connectivity index (χ2v) is 5.81. The lowest BCUT2D eigenvalue weighted by Crippen LogP contribution is -2.33. The molecule has 0 saturated carbocycles. The van der Waals surface area contributed by atoms with E-state index in [0.29, 0.717) is 12.1 Å². The predicted octanol–water partition coefficient (Wildman–Crippen LogP) is 3.77. The van der Waals surface area contributed by atoms with Crippen LogP contribution < -0.4 is 10.7 Å². The molecule has 0 aliphatic rings. The van der Waals surface area contributed by atoms with E-state index in [0.717, 1.165) is 30.2 Å². The van der Waals surface area contributed by atoms with Gasteiger partial charge in [0.25, 0.3) is 0 Å². The molecule has 0 radical (unpaired) electrons. The maximum Gasteiger partial charge on any atom is 0.416 e. The number of rotatable bonds is 5. The van der Waals surface area contributed by atoms with Gasteiger partial charge in [-0.25, -0.2) is 5.43 Å². The van der Waals surface area contributed by atoms with Gasteiger partial charge in [0.1, 0.15) is 0 Å². The molecule has 2 amide bonds. The number of amides is 2. The van der Waals surface area contributed by atoms with Crippen LogP contribution in [0, 0.1) is 0 Å². The standard InChI is InChI=1S/C19H18F3N3O2/c1-13(10-11-14-6-3-2-4-7-14)24-25-18(27)17(26)23-16-9-5-8-15(12-16)19(20,21)22/h2-9,12H,10-11H2,1H3,(H,23,26)(H,25,27)/b24-13+. The predicted molar refractivity (Wildman–Crippen MR) is 96.1 cm³/mol. The Balaban J connectivity index is 1.87. The Kier molecular flexibility index (Phi) is 6.70. The van der Waals surface area contributed by atoms with Gasteiger partial charge in [-0.1, -0.05) is 36.4 Å². The highest BCUT2D eigenvalue weighted by Gasteiger charge is 2.30. The van der Waals surface area contributed by atoms with Gasteiger partial charge < -0.3 is 5.32 Å². The zero-order valence-corrected chi connectivity index (χ0v) is 14.5. The van der Waals surface area contributed by atoms with E-state index in [-0.39, 0.29) is 5.69 Å². The monoisotopic (exact) mass is 377 g/mol. The molecule has 27 heavy (non-hydrogen) atoms. The number of halogens is 3. The Morgan fingerprint density at radius 2 is 1.70 bits per heavy atom. The summed E-state index contributed by atoms with van der Waals surface area (Å²) in [6, 6.07) is 13.7. The van der Waals surface area contributed by atoms with Crippen LogP contribution in [0.3, 0.4) is 0 Å². The summed E-state index contributed by atoms with van der Waals surface area (Å²) in [6.45, 7) is 1.70. The van der Waals surface area contributed by atoms with E-state index in [1.165, 1.54) is 6.07 Å². The van der Waals surface area contributed by atoms with Crippen LogP contribution in [0.1, 0.15) is 24.5 Å². The third-order valence-corrected chi connectivity index (χ3v) is 3.62. The molecule has 0 bridgehead atoms. The van der Waals surface area contributed by atoms with Crippen molar-refractivity contribution in [3.05, 3.63) is 65.7 Å². The number of anilines is 1. The number of hydrogen-bond acceptors (Lipinski definition) is 3. The van der Waals surface area contributed by atoms with Crippen LogP contribution in [0.4, 0.5) is 18.9 Å². The molecule has 8 heteroatoms. The number of aryl methyl sites for hydroxylation is 1. The van der Waals surface area contributed by atoms with Crippen molar-refractivity contribution in [3.8, 4) is 0 Å². The average Bonchev–Trinajstić information content (AvgIpc) is 2.64. The van der Waals surface area contributed by atoms with Crippen LogP contribution in [0.15, 0.2) is 59.7 Å². The van der Waals surface area contributed by atoms with Gasteiger partial charge in [0.2, 0.25) is 0 Å². The van der Waals surface area contributed by atoms with E-state index in [9.17, 15) is 22.8 Å². The number of carbonyl (C=O) groups excluding carboxylic acids is 2. The second kappa shape index (κ2) is 8.98. The normalized spacial score (nSPS) is 11.8. The summed E-state index contributed by atoms with van der Waals surface area (Å²) in [4.78, 5) is 23.5. The minimum atomic E-state index is -4.54. The van der Waals surface area contributed by atoms with Gasteiger partial charge in [-0.05, 0) is 43.5 Å². The van der Waals surface area contributed by atoms with Crippen LogP contribution >= 0.6 is 0 Å². The Morgan fingerprint density at radius 1 is 1.00 bits per heavy atom. The first-order chi connectivity index (χ1) is 12.8. The summed E-state index contributed by atoms with van der Waals surface area (Å²) in [7, 11) is 0. The molecule has 0 atom stereocenters. The lowest BCUT2D eigenvalue weighted by Gasteiger charge is -2.09. The van der Waals surface area contributed by atoms with Gasteiger partial charge in [-0.2, -0.15) is 18.3 Å². The quantitative estimate of drug-likeness (QED) is 0.473. The van der Waals surface area contributed by atoms with Gasteiger partial charge in [0, 0.05) is 11.4 Å². The Bertz CT molecular complexity index is 834. The first-order valence-electron chi connectivity index (χ1n) is 8.11. The highest BCUT2D eigenvalue weighted by Crippen LogP contribution is 2.30. The Hall–Kier alpha value is -3.16. The van der Waals surface area contributed by atoms with Crippen LogP contribution in [-0.4, -0.2) is 17.5 Å². The molecule has 0 spiro atoms. The highest BCUT2D eigenvalue weighted by molar-refractivity contribution is 6.39. The number of hydrazone groups is 1. The maximum absolute atomic E-state index is 12.7. The SMILES string of the molecule is C/C(CCc1ccccc1)=N\NC(=O)C(=O)Nc1cccc(C(F)(F)F)c1. The molecular formula is C19H18F3N3O2. The largest absolute Gasteiger partial charge is 0.416 e. The summed E-state index contributed by atoms with van der Waals surface area (Å²) < 4.78 is 38.0. The maximum atomic E-state index is 12.7. The number of nitrogens with zero attached hydrogens (tertiary/aromatic N) is 1. The van der Waals surface area contributed by atoms with E-state index in [2.05, 4.69) is 15.8 Å². The van der Waals surface area contributed by atoms with Gasteiger partial charge in [0.15, 0.2) is 0 Å². The zero-order valence-electron chi connectivity index (χ0n) is 14.5. The Labute approximate surface area is 154 Å². The van der Waals surface area contributed by atoms with E-state index in [1.54, 1.807) is 6.92 Å². The van der Waals surface area contributed by atoms with Crippen molar-refractivity contribution in [1.82, 2.24) is 5.43 Å². The van der Waals surface area contributed by atoms with Gasteiger partial charge in [-0.3, -0.25) is 9.59 Å². The van der Waals surface area contributed by atoms with Crippen molar-refractivity contribution in [3.63, 3.8) is 0 Å². The van der Waals surface area contributed by atoms with Crippen LogP contribution in [0.25, 0.3) is 0 Å². The lowest BCUT2D eigenvalue weighted by atomic mass is 10.1. The molecular weight excluding hydrogens is 359 g/mol. The number of alkyl halides is 3. The average molecular weight is 377 g/mol. The van der Waals surface area contributed by atoms with Crippen molar-refractivity contribution < 1.29 is 22.8 Å². The molecule has 2 aromatic rings. The Morgan fingerprint density at radius 3 is 2.37 bits per heavy atom. The topological polar surface area (TPSA) is 70.6 Å². The number of hydrogen-bond donors (Lipinski definition) is 2. The van der Waals surface area contributed by atoms with Crippen molar-refractivity contribution in [1.29, 1.82) is 0 Å². The third kappa shape index (κ3) is 6.58. The summed E-state index contributed by atoms with van der Waals surface area (Å²) in [6.07, 6.45) is -3.23. The second-order valence-electron chi connectivity index (χ2n) is 5.81. The summed E-state index contributed by atoms with van der Waals surface area (Å²) in [5.74, 6) is -2.17. The van der Waals surface area contributed by atoms with E-state index in [1.807, 2.05) is 30.3 Å². The van der Waals surface area contributed by atoms with Crippen LogP contribution in [-0.2, 0) is 22.2 Å². The molecule has 0 heterocycles. The summed E-state index contributed by atoms with van der Waals surface area (Å²) >= 11 is 0. The molecule has 0 aliphatic carbocycles. The van der Waals surface area contributed by atoms with Crippen molar-refractivity contribution in [2.75, 3.05) is 5.32 Å². The van der Waals surface area contributed by atoms with Gasteiger partial charge in [0.05, 0.1) is 5.56 Å². The van der Waals surface area contributed by atoms with Crippen LogP contribution in [0.2, 0.25) is 0 Å². The lowest BCUT2D eigenvalue weighted by molar-refractivity contribution is -0.137. The first-order valence-corrected chi connectivity index (χ1v) is 8.11. The molecule has 5 nitrogen and oxygen atoms in total. The number of nitrogens with one attached hydrogen (secondary N) is 2. The molecule has 2 aromatic carbocycles. The van der Waals surface area contributed by atoms with E-state index < -0.39 is 23.6 Å². The minimum absolute atomic E-state index is 0.130. The fourth-order valence-electron chi connectivity index (χ4n) is 2.18. The molecule has 2 rings (SSSR count). The molecule has 0 saturated heterocycles. The highest BCUT2D eigenvalue weighted by atomic mass is 19.4. The van der Waals surface area contributed by atoms with Gasteiger partial charge in [-0.15, -0.1) is 0 Å². The summed E-state index contributed by atoms with van der Waals surface area (Å²) in [5.41, 5.74) is 2.77. The zero-order chi connectivity index (χ0) is 19.9. The smallest absolute Gasteiger partial charge is 0.318 e. The first kappa shape index (κ1) is 20.2. The van der Waals surface area contributed by atoms with E-state index >= 15 is 0 Å². The molecule has 0 aliphatic heterocycles. The fourth-order valence-corrected chi connectivity index (χ4v) is 2.18. The molecule has 0 aromatic heterocycles. The minimum Gasteiger partial charge on any atom is -0.318 e. The van der Waals surface area contributed by atoms with Crippen molar-refractivity contribution in [2.45, 2.75) is 25.9 Å². The third-order valence-electron chi connectivity index (χ3n) is 3.62. The van der Waals surface area contributed by atoms with E-state index in [4.69, 9.17) is 0 Å². The van der Waals surface area contributed by atoms with Crippen LogP contribution in [0.5, 0.6) is 0 Å². The number of carbonyl (C=O) groups is 2. The fraction of sp³-hybridized carbons (Fsp3) is 0.211. The summed E-state index contributed by atoms with van der Waals surface area (Å²) in [5, 5.41) is 5.95. The van der Waals surface area contributed by atoms with Gasteiger partial charge >= 0.3 is 18.0 Å². The molecule has 0 fully saturated rings. The van der Waals surface area contributed by atoms with Crippen molar-refractivity contribution >= 4 is 23.2 Å².